The average molecular weight is 578 g/mol. The molecule has 1 aromatic heterocycles. The van der Waals surface area contributed by atoms with Gasteiger partial charge in [-0.2, -0.15) is 0 Å². The zero-order valence-electron chi connectivity index (χ0n) is 35.8. The number of hydrogen-bond acceptors (Lipinski definition) is 2. The summed E-state index contributed by atoms with van der Waals surface area (Å²) in [5.41, 5.74) is 3.16. The van der Waals surface area contributed by atoms with Crippen LogP contribution in [-0.2, 0) is 0 Å². The number of rotatable bonds is 4. The standard InChI is InChI=1S/C40H26N3O/c1-2-12-26(13-3-1)40-41-37(39-38(42-40)33-20-6-9-23-36(33)44-39)29-16-10-14-27(24-29)28-15-11-17-30(25-28)43-34-21-7-4-18-31(34)32-19-5-8-22-35(32)43/h1-25,38H/q-1/i1D,2D,3D,4D,5D,7D,8D,12D,13D,18D,19D,21D,22D. The molecular formula is C40H26N3O-. The van der Waals surface area contributed by atoms with Crippen molar-refractivity contribution in [3.63, 3.8) is 0 Å². The van der Waals surface area contributed by atoms with E-state index in [4.69, 9.17) is 32.9 Å². The van der Waals surface area contributed by atoms with Crippen LogP contribution in [0.2, 0.25) is 0 Å². The van der Waals surface area contributed by atoms with E-state index in [1.807, 2.05) is 36.4 Å². The summed E-state index contributed by atoms with van der Waals surface area (Å²) in [6, 6.07) is 14.7. The summed E-state index contributed by atoms with van der Waals surface area (Å²) in [4.78, 5) is 4.80. The van der Waals surface area contributed by atoms with Crippen LogP contribution in [0.1, 0.15) is 40.6 Å². The molecule has 2 aliphatic heterocycles. The first-order valence-electron chi connectivity index (χ1n) is 20.3. The molecule has 0 radical (unpaired) electrons. The Morgan fingerprint density at radius 1 is 0.636 bits per heavy atom. The van der Waals surface area contributed by atoms with Crippen LogP contribution in [0, 0.1) is 0 Å². The van der Waals surface area contributed by atoms with Gasteiger partial charge in [0.15, 0.2) is 0 Å². The van der Waals surface area contributed by atoms with E-state index in [2.05, 4.69) is 0 Å². The zero-order chi connectivity index (χ0) is 40.3. The molecule has 1 atom stereocenters. The summed E-state index contributed by atoms with van der Waals surface area (Å²) in [5, 5.41) is 4.73. The summed E-state index contributed by atoms with van der Waals surface area (Å²) in [6.07, 6.45) is 0. The van der Waals surface area contributed by atoms with Crippen LogP contribution >= 0.6 is 0 Å². The van der Waals surface area contributed by atoms with Gasteiger partial charge < -0.3 is 19.6 Å². The van der Waals surface area contributed by atoms with E-state index in [1.165, 1.54) is 4.57 Å². The van der Waals surface area contributed by atoms with Gasteiger partial charge in [0.25, 0.3) is 0 Å². The minimum Gasteiger partial charge on any atom is -0.461 e. The average Bonchev–Trinajstić information content (AvgIpc) is 3.79. The van der Waals surface area contributed by atoms with Crippen molar-refractivity contribution in [3.05, 3.63) is 179 Å². The highest BCUT2D eigenvalue weighted by molar-refractivity contribution is 6.13. The minimum atomic E-state index is -0.719. The van der Waals surface area contributed by atoms with E-state index >= 15 is 0 Å². The van der Waals surface area contributed by atoms with E-state index < -0.39 is 84.6 Å². The van der Waals surface area contributed by atoms with Crippen molar-refractivity contribution in [3.8, 4) is 22.6 Å². The summed E-state index contributed by atoms with van der Waals surface area (Å²) in [6.45, 7) is 0. The molecule has 208 valence electrons. The quantitative estimate of drug-likeness (QED) is 0.205. The van der Waals surface area contributed by atoms with Gasteiger partial charge in [0.05, 0.1) is 34.9 Å². The van der Waals surface area contributed by atoms with Gasteiger partial charge in [0.1, 0.15) is 11.5 Å². The Morgan fingerprint density at radius 3 is 2.09 bits per heavy atom. The fraction of sp³-hybridized carbons (Fsp3) is 0.0250. The maximum atomic E-state index is 8.88. The zero-order valence-corrected chi connectivity index (χ0v) is 22.8. The van der Waals surface area contributed by atoms with Crippen molar-refractivity contribution in [1.29, 1.82) is 0 Å². The Labute approximate surface area is 273 Å². The molecule has 0 bridgehead atoms. The van der Waals surface area contributed by atoms with Gasteiger partial charge in [-0.15, -0.1) is 0 Å². The van der Waals surface area contributed by atoms with Crippen LogP contribution in [0.15, 0.2) is 162 Å². The van der Waals surface area contributed by atoms with Crippen molar-refractivity contribution in [2.24, 2.45) is 4.99 Å². The van der Waals surface area contributed by atoms with Gasteiger partial charge in [-0.05, 0) is 58.6 Å². The SMILES string of the molecule is [2H]c1c([2H])c([2H])c(C2=NC(c3cccc(-c4cccc(-n5c6c([2H])c([2H])c([2H])c([2H])c6c6c([2H])c([2H])c([2H])c([2H])c65)c4)c3)=C3Oc4ccccc4C3[N-]2)c([2H])c1[2H]. The number of hydrogen-bond donors (Lipinski definition) is 0. The lowest BCUT2D eigenvalue weighted by Gasteiger charge is -2.33. The third-order valence-electron chi connectivity index (χ3n) is 7.71. The second-order valence-electron chi connectivity index (χ2n) is 10.2. The summed E-state index contributed by atoms with van der Waals surface area (Å²) in [7, 11) is 0. The Hall–Kier alpha value is -5.87. The molecule has 0 saturated heterocycles. The topological polar surface area (TPSA) is 40.6 Å². The lowest BCUT2D eigenvalue weighted by Crippen LogP contribution is -2.13. The minimum absolute atomic E-state index is 0.00492. The Kier molecular flexibility index (Phi) is 3.37. The Balaban J connectivity index is 1.24. The van der Waals surface area contributed by atoms with E-state index in [0.29, 0.717) is 39.6 Å². The van der Waals surface area contributed by atoms with Gasteiger partial charge in [0, 0.05) is 27.7 Å². The van der Waals surface area contributed by atoms with Crippen LogP contribution in [0.5, 0.6) is 5.75 Å². The van der Waals surface area contributed by atoms with Crippen molar-refractivity contribution >= 4 is 33.3 Å². The number of fused-ring (bicyclic) bond motifs is 6. The van der Waals surface area contributed by atoms with Crippen molar-refractivity contribution < 1.29 is 22.6 Å². The first kappa shape index (κ1) is 15.0. The highest BCUT2D eigenvalue weighted by Gasteiger charge is 2.31. The molecular weight excluding hydrogens is 538 g/mol. The van der Waals surface area contributed by atoms with Crippen molar-refractivity contribution in [2.45, 2.75) is 6.04 Å². The predicted octanol–water partition coefficient (Wildman–Crippen LogP) is 10.1. The summed E-state index contributed by atoms with van der Waals surface area (Å²) >= 11 is 0. The molecule has 7 aromatic rings. The lowest BCUT2D eigenvalue weighted by molar-refractivity contribution is 0.438. The molecule has 44 heavy (non-hydrogen) atoms. The normalized spacial score (nSPS) is 19.6. The number of para-hydroxylation sites is 3. The van der Waals surface area contributed by atoms with Crippen LogP contribution in [-0.4, -0.2) is 10.4 Å². The van der Waals surface area contributed by atoms with E-state index in [9.17, 15) is 0 Å². The monoisotopic (exact) mass is 577 g/mol. The fourth-order valence-electron chi connectivity index (χ4n) is 5.77. The van der Waals surface area contributed by atoms with Crippen LogP contribution in [0.4, 0.5) is 0 Å². The highest BCUT2D eigenvalue weighted by atomic mass is 16.5. The van der Waals surface area contributed by atoms with E-state index in [-0.39, 0.29) is 33.2 Å². The van der Waals surface area contributed by atoms with Crippen LogP contribution in [0.3, 0.4) is 0 Å². The Bertz CT molecular complexity index is 2920. The molecule has 4 nitrogen and oxygen atoms in total. The number of ether oxygens (including phenoxy) is 1. The first-order valence-corrected chi connectivity index (χ1v) is 13.8. The third-order valence-corrected chi connectivity index (χ3v) is 7.71. The van der Waals surface area contributed by atoms with Crippen molar-refractivity contribution in [2.75, 3.05) is 0 Å². The molecule has 0 saturated carbocycles. The molecule has 6 aromatic carbocycles. The third kappa shape index (κ3) is 3.89. The molecule has 0 fully saturated rings. The van der Waals surface area contributed by atoms with Crippen LogP contribution in [0.25, 0.3) is 49.6 Å². The van der Waals surface area contributed by atoms with Gasteiger partial charge in [-0.3, -0.25) is 0 Å². The van der Waals surface area contributed by atoms with Gasteiger partial charge >= 0.3 is 0 Å². The molecule has 0 amide bonds. The maximum Gasteiger partial charge on any atom is 0.130 e. The molecule has 1 unspecified atom stereocenters. The molecule has 9 rings (SSSR count). The Morgan fingerprint density at radius 2 is 1.30 bits per heavy atom. The van der Waals surface area contributed by atoms with Gasteiger partial charge in [-0.25, -0.2) is 0 Å². The molecule has 0 N–H and O–H groups in total. The number of amidine groups is 1. The highest BCUT2D eigenvalue weighted by Crippen LogP contribution is 2.50. The van der Waals surface area contributed by atoms with E-state index in [1.54, 1.807) is 36.4 Å². The summed E-state index contributed by atoms with van der Waals surface area (Å²) in [5.74, 6) is 0.887. The lowest BCUT2D eigenvalue weighted by atomic mass is 9.97. The number of nitrogens with zero attached hydrogens (tertiary/aromatic N) is 3. The van der Waals surface area contributed by atoms with Crippen LogP contribution < -0.4 is 4.74 Å². The predicted molar refractivity (Wildman–Crippen MR) is 179 cm³/mol. The molecule has 2 aliphatic rings. The second-order valence-corrected chi connectivity index (χ2v) is 10.2. The first-order chi connectivity index (χ1) is 27.2. The molecule has 3 heterocycles. The largest absolute Gasteiger partial charge is 0.461 e. The van der Waals surface area contributed by atoms with Gasteiger partial charge in [-0.1, -0.05) is 121 Å². The molecule has 4 heteroatoms. The fourth-order valence-corrected chi connectivity index (χ4v) is 5.77. The number of aliphatic imine (C=N–C) groups is 1. The second kappa shape index (κ2) is 9.85. The molecule has 0 spiro atoms. The summed E-state index contributed by atoms with van der Waals surface area (Å²) < 4.78 is 119. The van der Waals surface area contributed by atoms with Gasteiger partial charge in [0.2, 0.25) is 0 Å². The number of aromatic nitrogens is 1. The maximum absolute atomic E-state index is 8.88. The molecule has 0 aliphatic carbocycles. The number of benzene rings is 6. The van der Waals surface area contributed by atoms with E-state index in [0.717, 1.165) is 5.56 Å². The smallest absolute Gasteiger partial charge is 0.130 e. The van der Waals surface area contributed by atoms with Crippen molar-refractivity contribution in [1.82, 2.24) is 4.57 Å².